The highest BCUT2D eigenvalue weighted by molar-refractivity contribution is 5.96. The smallest absolute Gasteiger partial charge is 0.475 e. The molecule has 0 bridgehead atoms. The van der Waals surface area contributed by atoms with Crippen LogP contribution in [0.5, 0.6) is 0 Å². The first-order valence-corrected chi connectivity index (χ1v) is 6.39. The Labute approximate surface area is 130 Å². The van der Waals surface area contributed by atoms with Crippen LogP contribution in [0.4, 0.5) is 13.2 Å². The lowest BCUT2D eigenvalue weighted by Crippen LogP contribution is -2.21. The van der Waals surface area contributed by atoms with Crippen LogP contribution in [0.15, 0.2) is 48.5 Å². The van der Waals surface area contributed by atoms with E-state index in [-0.39, 0.29) is 5.91 Å². The van der Waals surface area contributed by atoms with Crippen LogP contribution in [0.25, 0.3) is 11.1 Å². The molecule has 0 radical (unpaired) electrons. The number of aliphatic carboxylic acids is 1. The number of nitrogens with two attached hydrogens (primary N) is 1. The third-order valence-corrected chi connectivity index (χ3v) is 2.93. The number of benzene rings is 2. The van der Waals surface area contributed by atoms with E-state index in [4.69, 9.17) is 15.6 Å². The normalized spacial score (nSPS) is 10.4. The maximum Gasteiger partial charge on any atom is 0.490 e. The van der Waals surface area contributed by atoms with Gasteiger partial charge in [-0.2, -0.15) is 13.2 Å². The Morgan fingerprint density at radius 3 is 1.96 bits per heavy atom. The predicted octanol–water partition coefficient (Wildman–Crippen LogP) is 3.39. The average molecular weight is 325 g/mol. The minimum atomic E-state index is -5.08. The number of alkyl halides is 3. The van der Waals surface area contributed by atoms with Crippen molar-refractivity contribution in [2.24, 2.45) is 5.73 Å². The molecule has 2 aromatic carbocycles. The number of hydrogen-bond donors (Lipinski definition) is 2. The molecule has 122 valence electrons. The molecule has 0 aromatic heterocycles. The summed E-state index contributed by atoms with van der Waals surface area (Å²) in [5.74, 6) is -3.14. The molecular formula is C16H14F3NO3. The number of amides is 1. The summed E-state index contributed by atoms with van der Waals surface area (Å²) in [6.45, 7) is 1.92. The lowest BCUT2D eigenvalue weighted by atomic mass is 9.96. The van der Waals surface area contributed by atoms with Gasteiger partial charge in [-0.1, -0.05) is 42.5 Å². The minimum Gasteiger partial charge on any atom is -0.475 e. The molecule has 0 heterocycles. The Balaban J connectivity index is 0.000000322. The molecule has 23 heavy (non-hydrogen) atoms. The summed E-state index contributed by atoms with van der Waals surface area (Å²) in [5.41, 5.74) is 8.99. The molecule has 3 N–H and O–H groups in total. The molecule has 0 aliphatic carbocycles. The van der Waals surface area contributed by atoms with E-state index in [2.05, 4.69) is 0 Å². The highest BCUT2D eigenvalue weighted by atomic mass is 19.4. The number of carboxylic acid groups (broad SMARTS) is 1. The first kappa shape index (κ1) is 18.2. The molecule has 0 saturated heterocycles. The first-order chi connectivity index (χ1) is 10.6. The van der Waals surface area contributed by atoms with E-state index in [1.807, 2.05) is 49.4 Å². The summed E-state index contributed by atoms with van der Waals surface area (Å²) in [5, 5.41) is 7.12. The van der Waals surface area contributed by atoms with Gasteiger partial charge in [0.05, 0.1) is 0 Å². The van der Waals surface area contributed by atoms with Gasteiger partial charge in [0.15, 0.2) is 0 Å². The second kappa shape index (κ2) is 7.44. The molecule has 2 rings (SSSR count). The van der Waals surface area contributed by atoms with Crippen LogP contribution >= 0.6 is 0 Å². The third kappa shape index (κ3) is 5.14. The second-order valence-corrected chi connectivity index (χ2v) is 4.51. The van der Waals surface area contributed by atoms with Crippen molar-refractivity contribution in [2.75, 3.05) is 0 Å². The zero-order chi connectivity index (χ0) is 17.6. The van der Waals surface area contributed by atoms with Gasteiger partial charge in [-0.25, -0.2) is 4.79 Å². The monoisotopic (exact) mass is 325 g/mol. The molecule has 4 nitrogen and oxygen atoms in total. The lowest BCUT2D eigenvalue weighted by Gasteiger charge is -2.08. The Morgan fingerprint density at radius 1 is 1.00 bits per heavy atom. The number of carbonyl (C=O) groups excluding carboxylic acids is 1. The van der Waals surface area contributed by atoms with Crippen molar-refractivity contribution in [1.29, 1.82) is 0 Å². The first-order valence-electron chi connectivity index (χ1n) is 6.39. The second-order valence-electron chi connectivity index (χ2n) is 4.51. The fourth-order valence-corrected chi connectivity index (χ4v) is 1.83. The average Bonchev–Trinajstić information content (AvgIpc) is 2.47. The van der Waals surface area contributed by atoms with Gasteiger partial charge in [0.25, 0.3) is 0 Å². The summed E-state index contributed by atoms with van der Waals surface area (Å²) in [4.78, 5) is 20.1. The van der Waals surface area contributed by atoms with E-state index in [1.54, 1.807) is 6.07 Å². The number of primary amides is 1. The van der Waals surface area contributed by atoms with E-state index in [9.17, 15) is 18.0 Å². The topological polar surface area (TPSA) is 80.4 Å². The largest absolute Gasteiger partial charge is 0.490 e. The van der Waals surface area contributed by atoms with Crippen molar-refractivity contribution in [3.63, 3.8) is 0 Å². The van der Waals surface area contributed by atoms with Gasteiger partial charge in [-0.3, -0.25) is 4.79 Å². The molecule has 0 fully saturated rings. The van der Waals surface area contributed by atoms with E-state index < -0.39 is 12.1 Å². The van der Waals surface area contributed by atoms with Gasteiger partial charge in [-0.15, -0.1) is 0 Å². The van der Waals surface area contributed by atoms with Crippen molar-refractivity contribution in [3.05, 3.63) is 59.7 Å². The molecule has 0 unspecified atom stereocenters. The maximum absolute atomic E-state index is 11.2. The van der Waals surface area contributed by atoms with Crippen LogP contribution in [0.1, 0.15) is 15.9 Å². The molecule has 7 heteroatoms. The minimum absolute atomic E-state index is 0.379. The third-order valence-electron chi connectivity index (χ3n) is 2.93. The molecule has 0 aliphatic rings. The summed E-state index contributed by atoms with van der Waals surface area (Å²) in [6.07, 6.45) is -5.08. The van der Waals surface area contributed by atoms with Crippen LogP contribution < -0.4 is 5.73 Å². The quantitative estimate of drug-likeness (QED) is 0.888. The van der Waals surface area contributed by atoms with Gasteiger partial charge in [0.2, 0.25) is 5.91 Å². The molecule has 0 saturated carbocycles. The summed E-state index contributed by atoms with van der Waals surface area (Å²) < 4.78 is 31.7. The van der Waals surface area contributed by atoms with E-state index >= 15 is 0 Å². The van der Waals surface area contributed by atoms with Gasteiger partial charge in [0.1, 0.15) is 0 Å². The summed E-state index contributed by atoms with van der Waals surface area (Å²) in [7, 11) is 0. The molecule has 2 aromatic rings. The van der Waals surface area contributed by atoms with Crippen LogP contribution in [0.2, 0.25) is 0 Å². The number of carboxylic acids is 1. The number of halogens is 3. The zero-order valence-corrected chi connectivity index (χ0v) is 12.1. The van der Waals surface area contributed by atoms with Crippen molar-refractivity contribution in [2.45, 2.75) is 13.1 Å². The van der Waals surface area contributed by atoms with E-state index in [0.29, 0.717) is 5.56 Å². The van der Waals surface area contributed by atoms with Gasteiger partial charge < -0.3 is 10.8 Å². The zero-order valence-electron chi connectivity index (χ0n) is 12.1. The summed E-state index contributed by atoms with van der Waals surface area (Å²) >= 11 is 0. The van der Waals surface area contributed by atoms with Gasteiger partial charge in [0, 0.05) is 5.56 Å². The summed E-state index contributed by atoms with van der Waals surface area (Å²) in [6, 6.07) is 15.6. The van der Waals surface area contributed by atoms with Crippen LogP contribution in [-0.2, 0) is 4.79 Å². The molecule has 0 atom stereocenters. The number of hydrogen-bond acceptors (Lipinski definition) is 2. The van der Waals surface area contributed by atoms with Gasteiger partial charge >= 0.3 is 12.1 Å². The fraction of sp³-hybridized carbons (Fsp3) is 0.125. The SMILES string of the molecule is Cc1c(C(N)=O)cccc1-c1ccccc1.O=C(O)C(F)(F)F. The van der Waals surface area contributed by atoms with Crippen molar-refractivity contribution < 1.29 is 27.9 Å². The number of rotatable bonds is 2. The molecule has 0 aliphatic heterocycles. The fourth-order valence-electron chi connectivity index (χ4n) is 1.83. The predicted molar refractivity (Wildman–Crippen MR) is 78.8 cm³/mol. The maximum atomic E-state index is 11.2. The van der Waals surface area contributed by atoms with Crippen molar-refractivity contribution in [1.82, 2.24) is 0 Å². The molecule has 0 spiro atoms. The molecule has 1 amide bonds. The Hall–Kier alpha value is -2.83. The number of carbonyl (C=O) groups is 2. The van der Waals surface area contributed by atoms with E-state index in [0.717, 1.165) is 16.7 Å². The Kier molecular flexibility index (Phi) is 5.89. The standard InChI is InChI=1S/C14H13NO.C2HF3O2/c1-10-12(11-6-3-2-4-7-11)8-5-9-13(10)14(15)16;3-2(4,5)1(6)7/h2-9H,1H3,(H2,15,16);(H,6,7). The Morgan fingerprint density at radius 2 is 1.52 bits per heavy atom. The highest BCUT2D eigenvalue weighted by Gasteiger charge is 2.38. The van der Waals surface area contributed by atoms with Crippen molar-refractivity contribution in [3.8, 4) is 11.1 Å². The van der Waals surface area contributed by atoms with Crippen molar-refractivity contribution >= 4 is 11.9 Å². The Bertz CT molecular complexity index is 697. The highest BCUT2D eigenvalue weighted by Crippen LogP contribution is 2.25. The van der Waals surface area contributed by atoms with E-state index in [1.165, 1.54) is 0 Å². The van der Waals surface area contributed by atoms with Gasteiger partial charge in [-0.05, 0) is 29.7 Å². The molecular weight excluding hydrogens is 311 g/mol. The van der Waals surface area contributed by atoms with Crippen LogP contribution in [0.3, 0.4) is 0 Å². The lowest BCUT2D eigenvalue weighted by molar-refractivity contribution is -0.192. The van der Waals surface area contributed by atoms with Crippen LogP contribution in [-0.4, -0.2) is 23.2 Å². The van der Waals surface area contributed by atoms with Crippen LogP contribution in [0, 0.1) is 6.92 Å².